The Morgan fingerprint density at radius 3 is 0.459 bits per heavy atom. The van der Waals surface area contributed by atoms with Crippen molar-refractivity contribution in [3.63, 3.8) is 0 Å². The van der Waals surface area contributed by atoms with Crippen molar-refractivity contribution in [3.8, 4) is 44.5 Å². The summed E-state index contributed by atoms with van der Waals surface area (Å²) in [4.78, 5) is 112. The highest BCUT2D eigenvalue weighted by Gasteiger charge is 2.39. The van der Waals surface area contributed by atoms with Gasteiger partial charge in [0.2, 0.25) is 0 Å². The molecule has 0 radical (unpaired) electrons. The summed E-state index contributed by atoms with van der Waals surface area (Å²) in [7, 11) is 0. The molecule has 0 amide bonds. The van der Waals surface area contributed by atoms with Gasteiger partial charge in [-0.15, -0.1) is 0 Å². The van der Waals surface area contributed by atoms with Crippen LogP contribution < -0.4 is 0 Å². The summed E-state index contributed by atoms with van der Waals surface area (Å²) in [5, 5.41) is 90.3. The summed E-state index contributed by atoms with van der Waals surface area (Å²) < 4.78 is 0. The third kappa shape index (κ3) is 9.47. The van der Waals surface area contributed by atoms with Crippen molar-refractivity contribution in [1.29, 1.82) is 0 Å². The fraction of sp³-hybridized carbons (Fsp3) is 0. The molecule has 16 heteroatoms. The van der Waals surface area contributed by atoms with Gasteiger partial charge in [-0.25, -0.2) is 38.4 Å². The van der Waals surface area contributed by atoms with E-state index in [4.69, 9.17) is 0 Å². The lowest BCUT2D eigenvalue weighted by Gasteiger charge is -2.27. The number of aromatic carboxylic acids is 8. The van der Waals surface area contributed by atoms with Crippen molar-refractivity contribution in [1.82, 2.24) is 0 Å². The molecule has 0 aliphatic carbocycles. The molecule has 0 saturated heterocycles. The fourth-order valence-electron chi connectivity index (χ4n) is 8.93. The van der Waals surface area contributed by atoms with E-state index in [1.54, 1.807) is 72.8 Å². The summed E-state index contributed by atoms with van der Waals surface area (Å²) in [6, 6.07) is 38.2. The van der Waals surface area contributed by atoms with Crippen molar-refractivity contribution in [2.75, 3.05) is 0 Å². The van der Waals surface area contributed by atoms with Gasteiger partial charge in [-0.3, -0.25) is 0 Å². The monoisotopic (exact) mass is 988 g/mol. The molecule has 0 atom stereocenters. The first kappa shape index (κ1) is 49.7. The van der Waals surface area contributed by atoms with Crippen molar-refractivity contribution in [2.24, 2.45) is 0 Å². The molecule has 0 unspecified atom stereocenters. The summed E-state index contributed by atoms with van der Waals surface area (Å²) in [6.45, 7) is 0. The zero-order chi connectivity index (χ0) is 53.1. The molecule has 8 rings (SSSR count). The topological polar surface area (TPSA) is 298 Å². The van der Waals surface area contributed by atoms with Gasteiger partial charge < -0.3 is 40.9 Å². The fourth-order valence-corrected chi connectivity index (χ4v) is 8.93. The molecule has 8 aromatic rings. The van der Waals surface area contributed by atoms with Crippen LogP contribution in [0.25, 0.3) is 55.7 Å². The van der Waals surface area contributed by atoms with E-state index in [-0.39, 0.29) is 44.5 Å². The second kappa shape index (κ2) is 20.3. The van der Waals surface area contributed by atoms with Crippen LogP contribution in [0, 0.1) is 0 Å². The average Bonchev–Trinajstić information content (AvgIpc) is 3.39. The van der Waals surface area contributed by atoms with Gasteiger partial charge in [0.15, 0.2) is 0 Å². The van der Waals surface area contributed by atoms with Crippen LogP contribution in [-0.4, -0.2) is 88.6 Å². The minimum atomic E-state index is -1.96. The van der Waals surface area contributed by atoms with Crippen LogP contribution >= 0.6 is 0 Å². The van der Waals surface area contributed by atoms with Gasteiger partial charge in [0, 0.05) is 33.4 Å². The molecule has 0 heterocycles. The van der Waals surface area contributed by atoms with Gasteiger partial charge >= 0.3 is 47.8 Å². The Balaban J connectivity index is 1.80. The van der Waals surface area contributed by atoms with Gasteiger partial charge in [-0.2, -0.15) is 0 Å². The third-order valence-corrected chi connectivity index (χ3v) is 12.1. The lowest BCUT2D eigenvalue weighted by molar-refractivity contribution is 0.0673. The Kier molecular flexibility index (Phi) is 13.6. The van der Waals surface area contributed by atoms with Crippen molar-refractivity contribution in [3.05, 3.63) is 237 Å². The molecule has 0 aliphatic rings. The Morgan fingerprint density at radius 1 is 0.203 bits per heavy atom. The summed E-state index contributed by atoms with van der Waals surface area (Å²) in [5.41, 5.74) is -14.5. The number of carboxylic acid groups (broad SMARTS) is 8. The molecule has 74 heavy (non-hydrogen) atoms. The minimum Gasteiger partial charge on any atom is -0.478 e. The molecule has 0 saturated carbocycles. The van der Waals surface area contributed by atoms with E-state index in [0.717, 1.165) is 48.5 Å². The quantitative estimate of drug-likeness (QED) is 0.0417. The highest BCUT2D eigenvalue weighted by Crippen LogP contribution is 2.49. The Bertz CT molecular complexity index is 3080. The van der Waals surface area contributed by atoms with Crippen molar-refractivity contribution in [2.45, 2.75) is 0 Å². The van der Waals surface area contributed by atoms with Crippen LogP contribution in [0.2, 0.25) is 0 Å². The van der Waals surface area contributed by atoms with Gasteiger partial charge in [-0.05, 0) is 93.0 Å². The van der Waals surface area contributed by atoms with Gasteiger partial charge in [0.25, 0.3) is 0 Å². The van der Waals surface area contributed by atoms with Gasteiger partial charge in [-0.1, -0.05) is 121 Å². The largest absolute Gasteiger partial charge is 0.478 e. The van der Waals surface area contributed by atoms with Crippen LogP contribution in [0.4, 0.5) is 0 Å². The standard InChI is InChI=1S/C58H36O16/c59-51(60)37-21-33(29-13-5-1-6-14-29)22-38(52(61)62)45(37)49(46-39(53(63)64)23-34(24-40(46)54(65)66)30-15-7-2-8-16-30)50(47-41(55(67)68)25-35(26-42(47)56(69)70)31-17-9-3-10-18-31)48-43(57(71)72)27-36(28-44(48)58(73)74)32-19-11-4-12-20-32/h1-28H,(H,59,60)(H,61,62)(H,63,64)(H,65,66)(H,67,68)(H,69,70)(H,71,72)(H,73,74). The number of hydrogen-bond acceptors (Lipinski definition) is 8. The smallest absolute Gasteiger partial charge is 0.336 e. The van der Waals surface area contributed by atoms with E-state index in [9.17, 15) is 79.2 Å². The predicted octanol–water partition coefficient (Wildman–Crippen LogP) is 10.9. The molecule has 0 spiro atoms. The molecule has 16 nitrogen and oxygen atoms in total. The molecular weight excluding hydrogens is 953 g/mol. The van der Waals surface area contributed by atoms with Crippen LogP contribution in [0.15, 0.2) is 170 Å². The van der Waals surface area contributed by atoms with Gasteiger partial charge in [0.1, 0.15) is 0 Å². The third-order valence-electron chi connectivity index (χ3n) is 12.1. The Labute approximate surface area is 417 Å². The molecule has 0 fully saturated rings. The highest BCUT2D eigenvalue weighted by molar-refractivity contribution is 6.24. The first-order valence-electron chi connectivity index (χ1n) is 21.9. The second-order valence-corrected chi connectivity index (χ2v) is 16.4. The highest BCUT2D eigenvalue weighted by atomic mass is 16.4. The predicted molar refractivity (Wildman–Crippen MR) is 268 cm³/mol. The van der Waals surface area contributed by atoms with Crippen LogP contribution in [0.3, 0.4) is 0 Å². The molecule has 0 aromatic heterocycles. The van der Waals surface area contributed by atoms with E-state index in [1.165, 1.54) is 48.5 Å². The SMILES string of the molecule is O=C(O)c1cc(-c2ccccc2)cc(C(=O)O)c1C(=C(c1c(C(=O)O)cc(-c2ccccc2)cc1C(=O)O)c1c(C(=O)O)cc(-c2ccccc2)cc1C(=O)O)c1c(C(=O)O)cc(-c2ccccc2)cc1C(=O)O. The first-order chi connectivity index (χ1) is 35.4. The second-order valence-electron chi connectivity index (χ2n) is 16.4. The zero-order valence-electron chi connectivity index (χ0n) is 38.0. The maximum absolute atomic E-state index is 14.0. The molecule has 364 valence electrons. The maximum Gasteiger partial charge on any atom is 0.336 e. The van der Waals surface area contributed by atoms with E-state index in [0.29, 0.717) is 0 Å². The minimum absolute atomic E-state index is 0.0873. The zero-order valence-corrected chi connectivity index (χ0v) is 38.0. The normalized spacial score (nSPS) is 10.8. The van der Waals surface area contributed by atoms with E-state index in [1.807, 2.05) is 0 Å². The van der Waals surface area contributed by atoms with Crippen LogP contribution in [0.1, 0.15) is 105 Å². The lowest BCUT2D eigenvalue weighted by atomic mass is 9.74. The maximum atomic E-state index is 14.0. The van der Waals surface area contributed by atoms with Crippen molar-refractivity contribution >= 4 is 58.9 Å². The molecule has 8 aromatic carbocycles. The molecular formula is C58H36O16. The van der Waals surface area contributed by atoms with E-state index >= 15 is 0 Å². The number of carboxylic acids is 8. The Morgan fingerprint density at radius 2 is 0.338 bits per heavy atom. The van der Waals surface area contributed by atoms with E-state index in [2.05, 4.69) is 0 Å². The Hall–Kier alpha value is -10.7. The number of hydrogen-bond donors (Lipinski definition) is 8. The molecule has 0 aliphatic heterocycles. The lowest BCUT2D eigenvalue weighted by Crippen LogP contribution is -2.20. The number of rotatable bonds is 16. The summed E-state index contributed by atoms with van der Waals surface area (Å²) >= 11 is 0. The van der Waals surface area contributed by atoms with Gasteiger partial charge in [0.05, 0.1) is 44.5 Å². The summed E-state index contributed by atoms with van der Waals surface area (Å²) in [6.07, 6.45) is 0. The number of carbonyl (C=O) groups is 8. The van der Waals surface area contributed by atoms with Crippen LogP contribution in [-0.2, 0) is 0 Å². The average molecular weight is 989 g/mol. The molecule has 0 bridgehead atoms. The summed E-state index contributed by atoms with van der Waals surface area (Å²) in [5.74, 6) is -15.7. The van der Waals surface area contributed by atoms with Crippen LogP contribution in [0.5, 0.6) is 0 Å². The molecule has 8 N–H and O–H groups in total. The van der Waals surface area contributed by atoms with Crippen molar-refractivity contribution < 1.29 is 79.2 Å². The first-order valence-corrected chi connectivity index (χ1v) is 21.9. The van der Waals surface area contributed by atoms with E-state index < -0.39 is 126 Å². The number of benzene rings is 8.